The van der Waals surface area contributed by atoms with Crippen LogP contribution in [0.15, 0.2) is 12.2 Å². The largest absolute Gasteiger partial charge is 0.446 e. The molecular weight excluding hydrogens is 346 g/mol. The van der Waals surface area contributed by atoms with Crippen LogP contribution in [-0.4, -0.2) is 30.2 Å². The quantitative estimate of drug-likeness (QED) is 0.0917. The van der Waals surface area contributed by atoms with Crippen molar-refractivity contribution in [2.24, 2.45) is 0 Å². The number of hydrogen-bond donors (Lipinski definition) is 0. The summed E-state index contributed by atoms with van der Waals surface area (Å²) in [6, 6.07) is 0. The number of carbonyl (C=O) groups is 1. The number of unbranched alkanes of at least 4 members (excludes halogenated alkanes) is 11. The van der Waals surface area contributed by atoms with Gasteiger partial charge in [0.05, 0.1) is 0 Å². The Morgan fingerprint density at radius 2 is 1.25 bits per heavy atom. The third kappa shape index (κ3) is 16.2. The van der Waals surface area contributed by atoms with Gasteiger partial charge in [0.2, 0.25) is 0 Å². The average molecular weight is 396 g/mol. The first-order chi connectivity index (χ1) is 13.7. The lowest BCUT2D eigenvalue weighted by atomic mass is 10.1. The minimum Gasteiger partial charge on any atom is -0.446 e. The number of rotatable bonds is 20. The molecule has 0 fully saturated rings. The van der Waals surface area contributed by atoms with Crippen molar-refractivity contribution in [3.63, 3.8) is 0 Å². The average Bonchev–Trinajstić information content (AvgIpc) is 2.70. The number of ether oxygens (including phenoxy) is 1. The molecule has 0 aromatic carbocycles. The third-order valence-corrected chi connectivity index (χ3v) is 5.48. The van der Waals surface area contributed by atoms with E-state index in [0.29, 0.717) is 6.42 Å². The lowest BCUT2D eigenvalue weighted by molar-refractivity contribution is -0.159. The van der Waals surface area contributed by atoms with Crippen molar-refractivity contribution in [3.8, 4) is 0 Å². The molecule has 3 nitrogen and oxygen atoms in total. The maximum atomic E-state index is 12.0. The molecule has 0 saturated carbocycles. The summed E-state index contributed by atoms with van der Waals surface area (Å²) < 4.78 is 5.64. The predicted octanol–water partition coefficient (Wildman–Crippen LogP) is 7.65. The van der Waals surface area contributed by atoms with Crippen molar-refractivity contribution in [1.29, 1.82) is 0 Å². The van der Waals surface area contributed by atoms with Gasteiger partial charge in [-0.05, 0) is 51.6 Å². The van der Waals surface area contributed by atoms with Gasteiger partial charge in [-0.2, -0.15) is 0 Å². The zero-order chi connectivity index (χ0) is 20.9. The smallest absolute Gasteiger partial charge is 0.307 e. The number of esters is 1. The summed E-state index contributed by atoms with van der Waals surface area (Å²) in [7, 11) is 0. The van der Waals surface area contributed by atoms with Crippen molar-refractivity contribution >= 4 is 5.97 Å². The number of carbonyl (C=O) groups excluding carboxylic acids is 1. The molecule has 0 aliphatic rings. The van der Waals surface area contributed by atoms with Crippen LogP contribution in [0.2, 0.25) is 0 Å². The Bertz CT molecular complexity index is 364. The van der Waals surface area contributed by atoms with Crippen molar-refractivity contribution < 1.29 is 9.53 Å². The highest BCUT2D eigenvalue weighted by atomic mass is 16.6. The zero-order valence-electron chi connectivity index (χ0n) is 19.5. The minimum atomic E-state index is -0.0503. The Hall–Kier alpha value is -0.830. The second-order valence-electron chi connectivity index (χ2n) is 7.91. The summed E-state index contributed by atoms with van der Waals surface area (Å²) in [5.74, 6) is -0.0311. The molecule has 0 aliphatic heterocycles. The summed E-state index contributed by atoms with van der Waals surface area (Å²) in [5.41, 5.74) is 0. The summed E-state index contributed by atoms with van der Waals surface area (Å²) in [5, 5.41) is 0. The molecule has 0 aromatic heterocycles. The molecule has 3 heteroatoms. The monoisotopic (exact) mass is 395 g/mol. The van der Waals surface area contributed by atoms with Crippen LogP contribution in [-0.2, 0) is 9.53 Å². The van der Waals surface area contributed by atoms with Gasteiger partial charge in [-0.25, -0.2) is 0 Å². The van der Waals surface area contributed by atoms with Gasteiger partial charge >= 0.3 is 5.97 Å². The zero-order valence-corrected chi connectivity index (χ0v) is 19.5. The molecule has 28 heavy (non-hydrogen) atoms. The topological polar surface area (TPSA) is 29.5 Å². The summed E-state index contributed by atoms with van der Waals surface area (Å²) in [6.07, 6.45) is 22.7. The molecule has 1 unspecified atom stereocenters. The first kappa shape index (κ1) is 27.2. The van der Waals surface area contributed by atoms with Gasteiger partial charge in [0.25, 0.3) is 0 Å². The first-order valence-corrected chi connectivity index (χ1v) is 12.3. The standard InChI is InChI=1S/C25H49NO2/c1-5-9-10-11-12-13-14-15-16-17-18-19-20-21-22-23-25(27)28-24(6-2)26(7-3)8-4/h15-16,24H,5-14,17-23H2,1-4H3/b16-15-. The summed E-state index contributed by atoms with van der Waals surface area (Å²) in [6.45, 7) is 10.4. The van der Waals surface area contributed by atoms with Crippen molar-refractivity contribution in [3.05, 3.63) is 12.2 Å². The second-order valence-corrected chi connectivity index (χ2v) is 7.91. The molecule has 0 aliphatic carbocycles. The van der Waals surface area contributed by atoms with E-state index in [1.165, 1.54) is 70.6 Å². The fourth-order valence-corrected chi connectivity index (χ4v) is 3.60. The van der Waals surface area contributed by atoms with Gasteiger partial charge in [0.1, 0.15) is 0 Å². The molecule has 0 spiro atoms. The van der Waals surface area contributed by atoms with Gasteiger partial charge in [-0.1, -0.05) is 91.2 Å². The summed E-state index contributed by atoms with van der Waals surface area (Å²) >= 11 is 0. The van der Waals surface area contributed by atoms with E-state index in [1.807, 2.05) is 0 Å². The van der Waals surface area contributed by atoms with E-state index >= 15 is 0 Å². The maximum absolute atomic E-state index is 12.0. The van der Waals surface area contributed by atoms with Crippen LogP contribution in [0.1, 0.15) is 124 Å². The second kappa shape index (κ2) is 20.9. The van der Waals surface area contributed by atoms with E-state index in [9.17, 15) is 4.79 Å². The fourth-order valence-electron chi connectivity index (χ4n) is 3.60. The highest BCUT2D eigenvalue weighted by Crippen LogP contribution is 2.12. The van der Waals surface area contributed by atoms with Gasteiger partial charge in [0, 0.05) is 6.42 Å². The van der Waals surface area contributed by atoms with Crippen LogP contribution >= 0.6 is 0 Å². The van der Waals surface area contributed by atoms with Crippen LogP contribution in [0.5, 0.6) is 0 Å². The van der Waals surface area contributed by atoms with Gasteiger partial charge < -0.3 is 4.74 Å². The lowest BCUT2D eigenvalue weighted by Gasteiger charge is -2.28. The lowest BCUT2D eigenvalue weighted by Crippen LogP contribution is -2.38. The Kier molecular flexibility index (Phi) is 20.3. The van der Waals surface area contributed by atoms with E-state index in [4.69, 9.17) is 4.74 Å². The predicted molar refractivity (Wildman–Crippen MR) is 123 cm³/mol. The Morgan fingerprint density at radius 3 is 1.75 bits per heavy atom. The fraction of sp³-hybridized carbons (Fsp3) is 0.880. The number of allylic oxidation sites excluding steroid dienone is 2. The molecule has 0 amide bonds. The number of nitrogens with zero attached hydrogens (tertiary/aromatic N) is 1. The molecule has 0 radical (unpaired) electrons. The molecule has 0 N–H and O–H groups in total. The van der Waals surface area contributed by atoms with Gasteiger partial charge in [0.15, 0.2) is 6.23 Å². The molecule has 1 atom stereocenters. The molecule has 166 valence electrons. The highest BCUT2D eigenvalue weighted by molar-refractivity contribution is 5.69. The molecule has 0 bridgehead atoms. The highest BCUT2D eigenvalue weighted by Gasteiger charge is 2.17. The van der Waals surface area contributed by atoms with Gasteiger partial charge in [-0.3, -0.25) is 9.69 Å². The normalized spacial score (nSPS) is 12.8. The Labute approximate surface area is 176 Å². The van der Waals surface area contributed by atoms with Crippen LogP contribution in [0.4, 0.5) is 0 Å². The minimum absolute atomic E-state index is 0.0311. The molecule has 0 heterocycles. The van der Waals surface area contributed by atoms with Crippen LogP contribution in [0.25, 0.3) is 0 Å². The maximum Gasteiger partial charge on any atom is 0.307 e. The van der Waals surface area contributed by atoms with E-state index in [2.05, 4.69) is 44.7 Å². The molecule has 0 saturated heterocycles. The van der Waals surface area contributed by atoms with Crippen LogP contribution in [0.3, 0.4) is 0 Å². The SMILES string of the molecule is CCCCCCCC/C=C\CCCCCCCC(=O)OC(CC)N(CC)CC. The van der Waals surface area contributed by atoms with E-state index in [-0.39, 0.29) is 12.2 Å². The molecule has 0 aromatic rings. The van der Waals surface area contributed by atoms with Crippen molar-refractivity contribution in [2.45, 2.75) is 130 Å². The molecule has 0 rings (SSSR count). The van der Waals surface area contributed by atoms with Gasteiger partial charge in [-0.15, -0.1) is 0 Å². The van der Waals surface area contributed by atoms with Crippen LogP contribution in [0, 0.1) is 0 Å². The first-order valence-electron chi connectivity index (χ1n) is 12.3. The summed E-state index contributed by atoms with van der Waals surface area (Å²) in [4.78, 5) is 14.2. The van der Waals surface area contributed by atoms with E-state index < -0.39 is 0 Å². The Balaban J connectivity index is 3.49. The van der Waals surface area contributed by atoms with Crippen molar-refractivity contribution in [1.82, 2.24) is 4.90 Å². The Morgan fingerprint density at radius 1 is 0.750 bits per heavy atom. The van der Waals surface area contributed by atoms with Crippen molar-refractivity contribution in [2.75, 3.05) is 13.1 Å². The van der Waals surface area contributed by atoms with Crippen LogP contribution < -0.4 is 0 Å². The van der Waals surface area contributed by atoms with E-state index in [0.717, 1.165) is 32.4 Å². The number of hydrogen-bond acceptors (Lipinski definition) is 3. The third-order valence-electron chi connectivity index (χ3n) is 5.48. The van der Waals surface area contributed by atoms with E-state index in [1.54, 1.807) is 0 Å². The molecular formula is C25H49NO2.